The molecule has 0 radical (unpaired) electrons. The zero-order valence-electron chi connectivity index (χ0n) is 14.9. The number of carbonyl (C=O) groups excluding carboxylic acids is 1. The molecule has 1 heterocycles. The van der Waals surface area contributed by atoms with Crippen LogP contribution in [0.15, 0.2) is 63.9 Å². The number of aromatic nitrogens is 1. The lowest BCUT2D eigenvalue weighted by molar-refractivity contribution is 0.0932. The molecule has 4 rings (SSSR count). The molecule has 1 atom stereocenters. The van der Waals surface area contributed by atoms with Crippen LogP contribution in [0.5, 0.6) is 0 Å². The van der Waals surface area contributed by atoms with Crippen molar-refractivity contribution in [2.24, 2.45) is 5.92 Å². The summed E-state index contributed by atoms with van der Waals surface area (Å²) in [4.78, 5) is 28.0. The number of benzene rings is 2. The highest BCUT2D eigenvalue weighted by atomic mass is 79.9. The quantitative estimate of drug-likeness (QED) is 0.614. The molecule has 27 heavy (non-hydrogen) atoms. The lowest BCUT2D eigenvalue weighted by Gasteiger charge is -2.19. The Morgan fingerprint density at radius 2 is 1.96 bits per heavy atom. The van der Waals surface area contributed by atoms with E-state index in [1.165, 1.54) is 18.4 Å². The standard InChI is InChI=1S/C22H21BrN2O2/c23-17-6-3-4-15(10-17)12-18(11-14-8-9-14)24-21(26)19-13-16-5-1-2-7-20(16)25-22(19)27/h1-7,10,13-14,18H,8-9,11-12H2,(H,24,26)(H,25,27). The maximum atomic E-state index is 12.8. The van der Waals surface area contributed by atoms with Gasteiger partial charge in [-0.2, -0.15) is 0 Å². The fourth-order valence-corrected chi connectivity index (χ4v) is 3.92. The second-order valence-corrected chi connectivity index (χ2v) is 8.20. The number of para-hydroxylation sites is 1. The van der Waals surface area contributed by atoms with E-state index >= 15 is 0 Å². The molecule has 0 bridgehead atoms. The topological polar surface area (TPSA) is 62.0 Å². The first-order chi connectivity index (χ1) is 13.1. The molecule has 1 aliphatic rings. The number of pyridine rings is 1. The second kappa shape index (κ2) is 7.69. The van der Waals surface area contributed by atoms with Crippen molar-refractivity contribution in [2.75, 3.05) is 0 Å². The van der Waals surface area contributed by atoms with Crippen molar-refractivity contribution in [1.29, 1.82) is 0 Å². The van der Waals surface area contributed by atoms with Crippen LogP contribution in [0.3, 0.4) is 0 Å². The summed E-state index contributed by atoms with van der Waals surface area (Å²) in [5.41, 5.74) is 1.73. The summed E-state index contributed by atoms with van der Waals surface area (Å²) in [6, 6.07) is 17.3. The van der Waals surface area contributed by atoms with Crippen LogP contribution in [-0.4, -0.2) is 16.9 Å². The van der Waals surface area contributed by atoms with Gasteiger partial charge >= 0.3 is 0 Å². The Hall–Kier alpha value is -2.40. The fourth-order valence-electron chi connectivity index (χ4n) is 3.48. The molecule has 1 aromatic heterocycles. The zero-order valence-corrected chi connectivity index (χ0v) is 16.5. The number of amides is 1. The third-order valence-electron chi connectivity index (χ3n) is 5.02. The maximum Gasteiger partial charge on any atom is 0.261 e. The van der Waals surface area contributed by atoms with Crippen molar-refractivity contribution in [2.45, 2.75) is 31.7 Å². The number of halogens is 1. The molecule has 1 unspecified atom stereocenters. The SMILES string of the molecule is O=C(NC(Cc1cccc(Br)c1)CC1CC1)c1cc2ccccc2[nH]c1=O. The van der Waals surface area contributed by atoms with Gasteiger partial charge in [-0.1, -0.05) is 59.1 Å². The van der Waals surface area contributed by atoms with Crippen molar-refractivity contribution in [3.05, 3.63) is 80.6 Å². The Morgan fingerprint density at radius 1 is 1.15 bits per heavy atom. The molecule has 2 aromatic carbocycles. The smallest absolute Gasteiger partial charge is 0.261 e. The summed E-state index contributed by atoms with van der Waals surface area (Å²) in [5, 5.41) is 3.96. The molecular formula is C22H21BrN2O2. The molecule has 1 fully saturated rings. The summed E-state index contributed by atoms with van der Waals surface area (Å²) in [6.07, 6.45) is 4.15. The van der Waals surface area contributed by atoms with Crippen molar-refractivity contribution in [3.63, 3.8) is 0 Å². The van der Waals surface area contributed by atoms with Gasteiger partial charge in [0.15, 0.2) is 0 Å². The predicted molar refractivity (Wildman–Crippen MR) is 111 cm³/mol. The van der Waals surface area contributed by atoms with E-state index in [1.807, 2.05) is 36.4 Å². The van der Waals surface area contributed by atoms with Gasteiger partial charge in [-0.3, -0.25) is 9.59 Å². The Morgan fingerprint density at radius 3 is 2.74 bits per heavy atom. The Labute approximate surface area is 166 Å². The summed E-state index contributed by atoms with van der Waals surface area (Å²) in [6.45, 7) is 0. The minimum Gasteiger partial charge on any atom is -0.349 e. The number of hydrogen-bond acceptors (Lipinski definition) is 2. The number of nitrogens with one attached hydrogen (secondary N) is 2. The summed E-state index contributed by atoms with van der Waals surface area (Å²) >= 11 is 3.50. The number of fused-ring (bicyclic) bond motifs is 1. The van der Waals surface area contributed by atoms with Crippen LogP contribution in [0.25, 0.3) is 10.9 Å². The monoisotopic (exact) mass is 424 g/mol. The lowest BCUT2D eigenvalue weighted by Crippen LogP contribution is -2.39. The fraction of sp³-hybridized carbons (Fsp3) is 0.273. The average Bonchev–Trinajstić information content (AvgIpc) is 3.45. The van der Waals surface area contributed by atoms with E-state index in [9.17, 15) is 9.59 Å². The molecule has 1 aliphatic carbocycles. The van der Waals surface area contributed by atoms with E-state index in [0.717, 1.165) is 28.2 Å². The first-order valence-corrected chi connectivity index (χ1v) is 10.0. The molecule has 0 saturated heterocycles. The number of aromatic amines is 1. The molecule has 1 saturated carbocycles. The first-order valence-electron chi connectivity index (χ1n) is 9.26. The van der Waals surface area contributed by atoms with Crippen LogP contribution >= 0.6 is 15.9 Å². The summed E-state index contributed by atoms with van der Waals surface area (Å²) in [5.74, 6) is 0.375. The highest BCUT2D eigenvalue weighted by Gasteiger charge is 2.27. The Kier molecular flexibility index (Phi) is 5.12. The second-order valence-electron chi connectivity index (χ2n) is 7.28. The molecule has 5 heteroatoms. The molecule has 2 N–H and O–H groups in total. The molecule has 1 amide bonds. The zero-order chi connectivity index (χ0) is 18.8. The normalized spacial score (nSPS) is 14.9. The minimum absolute atomic E-state index is 0.0187. The van der Waals surface area contributed by atoms with Gasteiger partial charge < -0.3 is 10.3 Å². The molecule has 3 aromatic rings. The third-order valence-corrected chi connectivity index (χ3v) is 5.51. The lowest BCUT2D eigenvalue weighted by atomic mass is 10.0. The van der Waals surface area contributed by atoms with E-state index in [-0.39, 0.29) is 23.1 Å². The van der Waals surface area contributed by atoms with Gasteiger partial charge in [-0.25, -0.2) is 0 Å². The van der Waals surface area contributed by atoms with Crippen LogP contribution < -0.4 is 10.9 Å². The summed E-state index contributed by atoms with van der Waals surface area (Å²) in [7, 11) is 0. The van der Waals surface area contributed by atoms with E-state index in [2.05, 4.69) is 38.4 Å². The van der Waals surface area contributed by atoms with Gasteiger partial charge in [-0.15, -0.1) is 0 Å². The van der Waals surface area contributed by atoms with E-state index in [0.29, 0.717) is 5.92 Å². The van der Waals surface area contributed by atoms with Gasteiger partial charge in [0.25, 0.3) is 11.5 Å². The average molecular weight is 425 g/mol. The van der Waals surface area contributed by atoms with Crippen LogP contribution in [0.4, 0.5) is 0 Å². The van der Waals surface area contributed by atoms with Crippen molar-refractivity contribution in [3.8, 4) is 0 Å². The van der Waals surface area contributed by atoms with Crippen LogP contribution in [0, 0.1) is 5.92 Å². The van der Waals surface area contributed by atoms with Crippen LogP contribution in [0.1, 0.15) is 35.2 Å². The predicted octanol–water partition coefficient (Wildman–Crippen LogP) is 4.43. The van der Waals surface area contributed by atoms with Crippen molar-refractivity contribution in [1.82, 2.24) is 10.3 Å². The Bertz CT molecular complexity index is 1040. The van der Waals surface area contributed by atoms with Crippen LogP contribution in [-0.2, 0) is 6.42 Å². The van der Waals surface area contributed by atoms with Crippen LogP contribution in [0.2, 0.25) is 0 Å². The number of H-pyrrole nitrogens is 1. The van der Waals surface area contributed by atoms with Gasteiger partial charge in [0.05, 0.1) is 0 Å². The molecule has 0 aliphatic heterocycles. The van der Waals surface area contributed by atoms with Gasteiger partial charge in [0.1, 0.15) is 5.56 Å². The van der Waals surface area contributed by atoms with Gasteiger partial charge in [-0.05, 0) is 54.0 Å². The van der Waals surface area contributed by atoms with Crippen molar-refractivity contribution < 1.29 is 4.79 Å². The Balaban J connectivity index is 1.56. The number of rotatable bonds is 6. The van der Waals surface area contributed by atoms with Crippen molar-refractivity contribution >= 4 is 32.7 Å². The first kappa shape index (κ1) is 18.0. The highest BCUT2D eigenvalue weighted by Crippen LogP contribution is 2.34. The van der Waals surface area contributed by atoms with Gasteiger partial charge in [0.2, 0.25) is 0 Å². The number of hydrogen-bond donors (Lipinski definition) is 2. The molecule has 4 nitrogen and oxygen atoms in total. The third kappa shape index (κ3) is 4.48. The minimum atomic E-state index is -0.348. The summed E-state index contributed by atoms with van der Waals surface area (Å²) < 4.78 is 1.03. The highest BCUT2D eigenvalue weighted by molar-refractivity contribution is 9.10. The van der Waals surface area contributed by atoms with Gasteiger partial charge in [0, 0.05) is 16.0 Å². The number of carbonyl (C=O) groups is 1. The molecular weight excluding hydrogens is 404 g/mol. The van der Waals surface area contributed by atoms with E-state index in [4.69, 9.17) is 0 Å². The van der Waals surface area contributed by atoms with E-state index < -0.39 is 0 Å². The largest absolute Gasteiger partial charge is 0.349 e. The molecule has 0 spiro atoms. The van der Waals surface area contributed by atoms with E-state index in [1.54, 1.807) is 6.07 Å². The molecule has 138 valence electrons. The maximum absolute atomic E-state index is 12.8.